The lowest BCUT2D eigenvalue weighted by Crippen LogP contribution is -2.55. The maximum Gasteiger partial charge on any atom is 0.224 e. The molecular formula is C19H36Cl2N4O3. The van der Waals surface area contributed by atoms with Gasteiger partial charge in [0.25, 0.3) is 0 Å². The van der Waals surface area contributed by atoms with Gasteiger partial charge < -0.3 is 20.7 Å². The summed E-state index contributed by atoms with van der Waals surface area (Å²) in [6.07, 6.45) is 6.96. The first-order valence-corrected chi connectivity index (χ1v) is 10.2. The predicted octanol–water partition coefficient (Wildman–Crippen LogP) is 1.18. The van der Waals surface area contributed by atoms with Gasteiger partial charge in [0.15, 0.2) is 0 Å². The van der Waals surface area contributed by atoms with Gasteiger partial charge in [-0.3, -0.25) is 14.5 Å². The molecule has 0 aromatic rings. The molecule has 2 heterocycles. The third-order valence-corrected chi connectivity index (χ3v) is 6.28. The van der Waals surface area contributed by atoms with Crippen LogP contribution >= 0.6 is 24.8 Å². The van der Waals surface area contributed by atoms with Crippen LogP contribution in [0.2, 0.25) is 0 Å². The number of nitrogens with two attached hydrogens (primary N) is 1. The number of carbonyl (C=O) groups is 2. The normalized spacial score (nSPS) is 24.8. The highest BCUT2D eigenvalue weighted by Crippen LogP contribution is 2.39. The Balaban J connectivity index is 0.00000196. The lowest BCUT2D eigenvalue weighted by Gasteiger charge is -2.44. The van der Waals surface area contributed by atoms with E-state index in [1.54, 1.807) is 0 Å². The maximum absolute atomic E-state index is 13.1. The Morgan fingerprint density at radius 2 is 1.75 bits per heavy atom. The van der Waals surface area contributed by atoms with Crippen molar-refractivity contribution in [2.75, 3.05) is 52.5 Å². The highest BCUT2D eigenvalue weighted by molar-refractivity contribution is 5.85. The molecule has 3 fully saturated rings. The van der Waals surface area contributed by atoms with Crippen LogP contribution in [0.25, 0.3) is 0 Å². The lowest BCUT2D eigenvalue weighted by atomic mass is 9.88. The number of nitrogens with zero attached hydrogens (tertiary/aromatic N) is 2. The van der Waals surface area contributed by atoms with E-state index in [9.17, 15) is 9.59 Å². The van der Waals surface area contributed by atoms with Crippen molar-refractivity contribution < 1.29 is 14.3 Å². The third-order valence-electron chi connectivity index (χ3n) is 6.28. The molecule has 2 saturated heterocycles. The standard InChI is InChI=1S/C19H34N4O3.2ClH/c20-7-8-21-18(25)16-4-3-9-22(15-16)17(24)14-19(5-1-2-6-19)23-10-12-26-13-11-23;;/h16H,1-15,20H2,(H,21,25);2*1H. The van der Waals surface area contributed by atoms with Crippen LogP contribution in [0.5, 0.6) is 0 Å². The minimum atomic E-state index is -0.0952. The van der Waals surface area contributed by atoms with Crippen molar-refractivity contribution in [3.8, 4) is 0 Å². The van der Waals surface area contributed by atoms with E-state index in [0.717, 1.165) is 58.5 Å². The van der Waals surface area contributed by atoms with E-state index < -0.39 is 0 Å². The summed E-state index contributed by atoms with van der Waals surface area (Å²) in [5, 5.41) is 2.87. The first kappa shape index (κ1) is 25.4. The van der Waals surface area contributed by atoms with Gasteiger partial charge in [0.05, 0.1) is 19.1 Å². The number of hydrogen-bond acceptors (Lipinski definition) is 5. The minimum absolute atomic E-state index is 0. The van der Waals surface area contributed by atoms with Gasteiger partial charge in [0, 0.05) is 51.2 Å². The molecule has 1 atom stereocenters. The van der Waals surface area contributed by atoms with Gasteiger partial charge in [-0.2, -0.15) is 0 Å². The Morgan fingerprint density at radius 1 is 1.07 bits per heavy atom. The van der Waals surface area contributed by atoms with E-state index in [4.69, 9.17) is 10.5 Å². The first-order valence-electron chi connectivity index (χ1n) is 10.2. The lowest BCUT2D eigenvalue weighted by molar-refractivity contribution is -0.139. The van der Waals surface area contributed by atoms with Crippen LogP contribution < -0.4 is 11.1 Å². The number of rotatable bonds is 6. The van der Waals surface area contributed by atoms with Crippen LogP contribution in [0.1, 0.15) is 44.9 Å². The van der Waals surface area contributed by atoms with Crippen LogP contribution in [0.15, 0.2) is 0 Å². The second kappa shape index (κ2) is 12.2. The summed E-state index contributed by atoms with van der Waals surface area (Å²) >= 11 is 0. The van der Waals surface area contributed by atoms with Crippen molar-refractivity contribution in [2.45, 2.75) is 50.5 Å². The van der Waals surface area contributed by atoms with Crippen molar-refractivity contribution in [2.24, 2.45) is 11.7 Å². The monoisotopic (exact) mass is 438 g/mol. The van der Waals surface area contributed by atoms with Crippen molar-refractivity contribution in [3.05, 3.63) is 0 Å². The topological polar surface area (TPSA) is 87.9 Å². The molecule has 7 nitrogen and oxygen atoms in total. The molecule has 1 unspecified atom stereocenters. The largest absolute Gasteiger partial charge is 0.379 e. The van der Waals surface area contributed by atoms with Gasteiger partial charge in [-0.15, -0.1) is 24.8 Å². The molecule has 1 saturated carbocycles. The smallest absolute Gasteiger partial charge is 0.224 e. The summed E-state index contributed by atoms with van der Waals surface area (Å²) in [7, 11) is 0. The molecular weight excluding hydrogens is 403 g/mol. The van der Waals surface area contributed by atoms with Gasteiger partial charge in [-0.1, -0.05) is 12.8 Å². The number of hydrogen-bond donors (Lipinski definition) is 2. The van der Waals surface area contributed by atoms with E-state index in [2.05, 4.69) is 10.2 Å². The van der Waals surface area contributed by atoms with Gasteiger partial charge in [-0.05, 0) is 25.7 Å². The number of halogens is 2. The van der Waals surface area contributed by atoms with Crippen LogP contribution in [0.4, 0.5) is 0 Å². The molecule has 0 aromatic carbocycles. The van der Waals surface area contributed by atoms with Crippen LogP contribution in [0, 0.1) is 5.92 Å². The SMILES string of the molecule is Cl.Cl.NCCNC(=O)C1CCCN(C(=O)CC2(N3CCOCC3)CCCC2)C1. The number of piperidine rings is 1. The Bertz CT molecular complexity index is 498. The van der Waals surface area contributed by atoms with Gasteiger partial charge in [-0.25, -0.2) is 0 Å². The fourth-order valence-corrected chi connectivity index (χ4v) is 4.83. The Morgan fingerprint density at radius 3 is 2.39 bits per heavy atom. The fourth-order valence-electron chi connectivity index (χ4n) is 4.83. The highest BCUT2D eigenvalue weighted by atomic mass is 35.5. The maximum atomic E-state index is 13.1. The molecule has 0 radical (unpaired) electrons. The quantitative estimate of drug-likeness (QED) is 0.649. The summed E-state index contributed by atoms with van der Waals surface area (Å²) < 4.78 is 5.51. The first-order chi connectivity index (χ1) is 12.6. The van der Waals surface area contributed by atoms with Gasteiger partial charge in [0.1, 0.15) is 0 Å². The molecule has 0 aromatic heterocycles. The van der Waals surface area contributed by atoms with E-state index in [-0.39, 0.29) is 48.1 Å². The zero-order chi connectivity index (χ0) is 18.4. The number of nitrogens with one attached hydrogen (secondary N) is 1. The number of amides is 2. The summed E-state index contributed by atoms with van der Waals surface area (Å²) in [5.74, 6) is 0.161. The number of ether oxygens (including phenoxy) is 1. The summed E-state index contributed by atoms with van der Waals surface area (Å²) in [6.45, 7) is 5.67. The van der Waals surface area contributed by atoms with E-state index in [1.807, 2.05) is 4.90 Å². The molecule has 3 rings (SSSR count). The van der Waals surface area contributed by atoms with Crippen molar-refractivity contribution >= 4 is 36.6 Å². The average molecular weight is 439 g/mol. The van der Waals surface area contributed by atoms with Gasteiger partial charge in [0.2, 0.25) is 11.8 Å². The Labute approximate surface area is 180 Å². The fraction of sp³-hybridized carbons (Fsp3) is 0.895. The molecule has 9 heteroatoms. The third kappa shape index (κ3) is 6.20. The molecule has 2 amide bonds. The summed E-state index contributed by atoms with van der Waals surface area (Å²) in [4.78, 5) is 29.8. The van der Waals surface area contributed by atoms with Crippen LogP contribution in [-0.2, 0) is 14.3 Å². The van der Waals surface area contributed by atoms with Gasteiger partial charge >= 0.3 is 0 Å². The predicted molar refractivity (Wildman–Crippen MR) is 114 cm³/mol. The summed E-state index contributed by atoms with van der Waals surface area (Å²) in [6, 6.07) is 0. The molecule has 3 N–H and O–H groups in total. The minimum Gasteiger partial charge on any atom is -0.379 e. The average Bonchev–Trinajstić information content (AvgIpc) is 3.16. The molecule has 1 aliphatic carbocycles. The van der Waals surface area contributed by atoms with Crippen molar-refractivity contribution in [1.29, 1.82) is 0 Å². The van der Waals surface area contributed by atoms with E-state index in [0.29, 0.717) is 26.1 Å². The van der Waals surface area contributed by atoms with Crippen molar-refractivity contribution in [3.63, 3.8) is 0 Å². The Kier molecular flexibility index (Phi) is 11.1. The molecule has 2 aliphatic heterocycles. The molecule has 28 heavy (non-hydrogen) atoms. The Hall–Kier alpha value is -0.600. The number of morpholine rings is 1. The second-order valence-corrected chi connectivity index (χ2v) is 7.97. The molecule has 3 aliphatic rings. The van der Waals surface area contributed by atoms with Crippen LogP contribution in [0.3, 0.4) is 0 Å². The van der Waals surface area contributed by atoms with E-state index >= 15 is 0 Å². The zero-order valence-corrected chi connectivity index (χ0v) is 18.3. The summed E-state index contributed by atoms with van der Waals surface area (Å²) in [5.41, 5.74) is 5.48. The molecule has 0 bridgehead atoms. The second-order valence-electron chi connectivity index (χ2n) is 7.97. The van der Waals surface area contributed by atoms with Crippen molar-refractivity contribution in [1.82, 2.24) is 15.1 Å². The van der Waals surface area contributed by atoms with E-state index in [1.165, 1.54) is 12.8 Å². The number of carbonyl (C=O) groups excluding carboxylic acids is 2. The molecule has 164 valence electrons. The molecule has 0 spiro atoms. The zero-order valence-electron chi connectivity index (χ0n) is 16.7. The number of likely N-dealkylation sites (tertiary alicyclic amines) is 1. The van der Waals surface area contributed by atoms with Crippen LogP contribution in [-0.4, -0.2) is 79.6 Å². The highest BCUT2D eigenvalue weighted by Gasteiger charge is 2.43.